The summed E-state index contributed by atoms with van der Waals surface area (Å²) in [5.41, 5.74) is 3.77. The van der Waals surface area contributed by atoms with E-state index in [1.54, 1.807) is 6.08 Å². The quantitative estimate of drug-likeness (QED) is 0.538. The van der Waals surface area contributed by atoms with Gasteiger partial charge in [0.2, 0.25) is 0 Å². The number of rotatable bonds is 6. The van der Waals surface area contributed by atoms with E-state index in [2.05, 4.69) is 24.0 Å². The van der Waals surface area contributed by atoms with Gasteiger partial charge in [-0.15, -0.1) is 0 Å². The first kappa shape index (κ1) is 24.2. The minimum atomic E-state index is -0.339. The van der Waals surface area contributed by atoms with Gasteiger partial charge >= 0.3 is 6.09 Å². The van der Waals surface area contributed by atoms with Gasteiger partial charge in [-0.25, -0.2) is 4.79 Å². The Morgan fingerprint density at radius 2 is 1.86 bits per heavy atom. The lowest BCUT2D eigenvalue weighted by Crippen LogP contribution is -2.39. The third-order valence-corrected chi connectivity index (χ3v) is 7.55. The average molecular weight is 490 g/mol. The molecule has 3 aliphatic rings. The van der Waals surface area contributed by atoms with E-state index in [-0.39, 0.29) is 36.6 Å². The van der Waals surface area contributed by atoms with Gasteiger partial charge in [0.15, 0.2) is 0 Å². The topological polar surface area (TPSA) is 71.1 Å². The Labute approximate surface area is 213 Å². The zero-order valence-electron chi connectivity index (χ0n) is 20.9. The molecule has 2 saturated heterocycles. The number of benzene rings is 2. The minimum absolute atomic E-state index is 0.0269. The van der Waals surface area contributed by atoms with E-state index in [1.165, 1.54) is 6.42 Å². The molecule has 2 aromatic rings. The third-order valence-electron chi connectivity index (χ3n) is 7.55. The van der Waals surface area contributed by atoms with Crippen LogP contribution in [0.3, 0.4) is 0 Å². The summed E-state index contributed by atoms with van der Waals surface area (Å²) in [5, 5.41) is 3.72. The highest BCUT2D eigenvalue weighted by molar-refractivity contribution is 5.95. The van der Waals surface area contributed by atoms with Crippen molar-refractivity contribution >= 4 is 17.7 Å². The molecule has 7 heteroatoms. The van der Waals surface area contributed by atoms with Crippen molar-refractivity contribution in [2.75, 3.05) is 38.2 Å². The van der Waals surface area contributed by atoms with Crippen LogP contribution in [0.25, 0.3) is 0 Å². The monoisotopic (exact) mass is 489 g/mol. The van der Waals surface area contributed by atoms with Gasteiger partial charge in [-0.2, -0.15) is 0 Å². The number of piperidine rings is 1. The maximum atomic E-state index is 13.3. The van der Waals surface area contributed by atoms with Gasteiger partial charge in [-0.05, 0) is 74.1 Å². The van der Waals surface area contributed by atoms with Gasteiger partial charge < -0.3 is 24.6 Å². The maximum absolute atomic E-state index is 13.3. The molecule has 2 aromatic carbocycles. The number of hydrogen-bond donors (Lipinski definition) is 1. The van der Waals surface area contributed by atoms with Crippen molar-refractivity contribution in [2.45, 2.75) is 44.7 Å². The van der Waals surface area contributed by atoms with E-state index in [1.807, 2.05) is 47.1 Å². The van der Waals surface area contributed by atoms with Gasteiger partial charge in [0.05, 0.1) is 18.7 Å². The van der Waals surface area contributed by atoms with Crippen LogP contribution in [0.5, 0.6) is 5.75 Å². The Kier molecular flexibility index (Phi) is 7.16. The number of nitrogens with zero attached hydrogens (tertiary/aromatic N) is 2. The molecule has 0 bridgehead atoms. The van der Waals surface area contributed by atoms with E-state index >= 15 is 0 Å². The van der Waals surface area contributed by atoms with Crippen LogP contribution in [-0.4, -0.2) is 54.6 Å². The van der Waals surface area contributed by atoms with Crippen molar-refractivity contribution in [3.05, 3.63) is 71.8 Å². The second kappa shape index (κ2) is 10.6. The Bertz CT molecular complexity index is 1110. The highest BCUT2D eigenvalue weighted by Gasteiger charge is 2.47. The Morgan fingerprint density at radius 1 is 1.08 bits per heavy atom. The van der Waals surface area contributed by atoms with Crippen molar-refractivity contribution in [3.8, 4) is 5.75 Å². The summed E-state index contributed by atoms with van der Waals surface area (Å²) in [6.45, 7) is 8.65. The summed E-state index contributed by atoms with van der Waals surface area (Å²) >= 11 is 0. The van der Waals surface area contributed by atoms with Crippen molar-refractivity contribution < 1.29 is 19.1 Å². The van der Waals surface area contributed by atoms with Crippen LogP contribution in [-0.2, 0) is 4.74 Å². The molecule has 36 heavy (non-hydrogen) atoms. The molecule has 2 amide bonds. The standard InChI is InChI=1S/C29H35N3O4/c1-3-18-36-29(34)32-17-14-23-26(20-8-11-22(12-9-20)35-4-2)30-25-13-10-21(19-24(25)27(23)32)28(33)31-15-6-5-7-16-31/h3,8-13,19,23,26-27,30H,1,4-7,14-18H2,2H3. The minimum Gasteiger partial charge on any atom is -0.494 e. The smallest absolute Gasteiger partial charge is 0.410 e. The predicted octanol–water partition coefficient (Wildman–Crippen LogP) is 5.56. The Morgan fingerprint density at radius 3 is 2.58 bits per heavy atom. The van der Waals surface area contributed by atoms with Crippen LogP contribution in [0.15, 0.2) is 55.1 Å². The highest BCUT2D eigenvalue weighted by Crippen LogP contribution is 2.51. The van der Waals surface area contributed by atoms with E-state index in [0.717, 1.165) is 54.9 Å². The number of fused-ring (bicyclic) bond motifs is 3. The lowest BCUT2D eigenvalue weighted by molar-refractivity contribution is 0.0724. The average Bonchev–Trinajstić information content (AvgIpc) is 3.37. The number of ether oxygens (including phenoxy) is 2. The zero-order chi connectivity index (χ0) is 25.1. The molecule has 5 rings (SSSR count). The summed E-state index contributed by atoms with van der Waals surface area (Å²) in [5.74, 6) is 1.06. The molecule has 190 valence electrons. The summed E-state index contributed by atoms with van der Waals surface area (Å²) in [4.78, 5) is 30.1. The molecule has 3 aliphatic heterocycles. The van der Waals surface area contributed by atoms with E-state index in [0.29, 0.717) is 18.7 Å². The largest absolute Gasteiger partial charge is 0.494 e. The van der Waals surface area contributed by atoms with Crippen LogP contribution < -0.4 is 10.1 Å². The normalized spacial score (nSPS) is 22.8. The van der Waals surface area contributed by atoms with Crippen LogP contribution in [0.1, 0.15) is 66.2 Å². The molecule has 3 atom stereocenters. The van der Waals surface area contributed by atoms with Gasteiger partial charge in [0.25, 0.3) is 5.91 Å². The number of anilines is 1. The third kappa shape index (κ3) is 4.66. The van der Waals surface area contributed by atoms with Crippen molar-refractivity contribution in [3.63, 3.8) is 0 Å². The van der Waals surface area contributed by atoms with E-state index in [4.69, 9.17) is 9.47 Å². The molecule has 0 aromatic heterocycles. The van der Waals surface area contributed by atoms with E-state index in [9.17, 15) is 9.59 Å². The molecule has 1 N–H and O–H groups in total. The van der Waals surface area contributed by atoms with Crippen LogP contribution in [0, 0.1) is 5.92 Å². The van der Waals surface area contributed by atoms with Gasteiger partial charge in [-0.1, -0.05) is 24.8 Å². The first-order valence-corrected chi connectivity index (χ1v) is 13.1. The fourth-order valence-corrected chi connectivity index (χ4v) is 5.88. The Balaban J connectivity index is 1.49. The number of carbonyl (C=O) groups excluding carboxylic acids is 2. The molecular weight excluding hydrogens is 454 g/mol. The number of carbonyl (C=O) groups is 2. The summed E-state index contributed by atoms with van der Waals surface area (Å²) in [6, 6.07) is 13.9. The van der Waals surface area contributed by atoms with Gasteiger partial charge in [-0.3, -0.25) is 4.79 Å². The number of hydrogen-bond acceptors (Lipinski definition) is 5. The summed E-state index contributed by atoms with van der Waals surface area (Å²) < 4.78 is 11.1. The summed E-state index contributed by atoms with van der Waals surface area (Å²) in [6.07, 6.45) is 5.36. The molecule has 0 radical (unpaired) electrons. The fourth-order valence-electron chi connectivity index (χ4n) is 5.88. The molecule has 0 saturated carbocycles. The molecule has 3 heterocycles. The number of likely N-dealkylation sites (tertiary alicyclic amines) is 2. The molecule has 0 aliphatic carbocycles. The Hall–Kier alpha value is -3.48. The highest BCUT2D eigenvalue weighted by atomic mass is 16.6. The number of amides is 2. The molecule has 3 unspecified atom stereocenters. The number of nitrogens with one attached hydrogen (secondary N) is 1. The van der Waals surface area contributed by atoms with Crippen LogP contribution in [0.4, 0.5) is 10.5 Å². The molecule has 7 nitrogen and oxygen atoms in total. The molecular formula is C29H35N3O4. The van der Waals surface area contributed by atoms with Crippen molar-refractivity contribution in [2.24, 2.45) is 5.92 Å². The first-order valence-electron chi connectivity index (χ1n) is 13.1. The maximum Gasteiger partial charge on any atom is 0.410 e. The first-order chi connectivity index (χ1) is 17.6. The van der Waals surface area contributed by atoms with Crippen LogP contribution in [0.2, 0.25) is 0 Å². The lowest BCUT2D eigenvalue weighted by atomic mass is 9.79. The summed E-state index contributed by atoms with van der Waals surface area (Å²) in [7, 11) is 0. The lowest BCUT2D eigenvalue weighted by Gasteiger charge is -2.40. The van der Waals surface area contributed by atoms with Gasteiger partial charge in [0.1, 0.15) is 12.4 Å². The van der Waals surface area contributed by atoms with E-state index < -0.39 is 0 Å². The predicted molar refractivity (Wildman–Crippen MR) is 139 cm³/mol. The van der Waals surface area contributed by atoms with Crippen LogP contribution >= 0.6 is 0 Å². The second-order valence-corrected chi connectivity index (χ2v) is 9.74. The second-order valence-electron chi connectivity index (χ2n) is 9.74. The van der Waals surface area contributed by atoms with Crippen molar-refractivity contribution in [1.82, 2.24) is 9.80 Å². The zero-order valence-corrected chi connectivity index (χ0v) is 20.9. The molecule has 2 fully saturated rings. The van der Waals surface area contributed by atoms with Crippen molar-refractivity contribution in [1.29, 1.82) is 0 Å². The molecule has 0 spiro atoms. The van der Waals surface area contributed by atoms with Gasteiger partial charge in [0, 0.05) is 36.8 Å². The fraction of sp³-hybridized carbons (Fsp3) is 0.448. The SMILES string of the molecule is C=CCOC(=O)N1CCC2C(c3ccc(OCC)cc3)Nc3ccc(C(=O)N4CCCCC4)cc3C21.